The molecule has 0 radical (unpaired) electrons. The normalized spacial score (nSPS) is 40.9. The van der Waals surface area contributed by atoms with Gasteiger partial charge in [0.15, 0.2) is 0 Å². The summed E-state index contributed by atoms with van der Waals surface area (Å²) >= 11 is 0. The van der Waals surface area contributed by atoms with Gasteiger partial charge in [-0.3, -0.25) is 14.9 Å². The quantitative estimate of drug-likeness (QED) is 0.291. The summed E-state index contributed by atoms with van der Waals surface area (Å²) in [4.78, 5) is 28.9. The molecule has 4 N–H and O–H groups in total. The summed E-state index contributed by atoms with van der Waals surface area (Å²) in [5.74, 6) is 0.867. The average molecular weight is 593 g/mol. The highest BCUT2D eigenvalue weighted by Crippen LogP contribution is 2.38. The van der Waals surface area contributed by atoms with Crippen molar-refractivity contribution in [3.8, 4) is 0 Å². The minimum absolute atomic E-state index is 0.0260. The van der Waals surface area contributed by atoms with E-state index in [-0.39, 0.29) is 66.6 Å². The highest BCUT2D eigenvalue weighted by atomic mass is 16.5. The van der Waals surface area contributed by atoms with Gasteiger partial charge in [-0.1, -0.05) is 0 Å². The standard InChI is InChI=1S/C31H52N4O7/c1-2-40-29-11-20(31(38)35-22-5-6-23(35)16-39-15-22)4-8-26(29)30(37)34-14-28(36)27-10-19-3-7-24(9-21(19)12-33-27)41-17-25-13-32-18-42-25/h19-29,32-33,36H,2-18H2,1H3,(H,34,37)/t19?,20?,21?,22?,23?,24?,25?,26?,27-,28+,29?/m0/s1. The molecular weight excluding hydrogens is 540 g/mol. The first kappa shape index (κ1) is 30.7. The SMILES string of the molecule is CCOC1CC(C(=O)N2C3CCC2COC3)CCC1C(=O)NC[C@@H](O)[C@@H]1CC2CCC(OCC3CNCO3)CC2CN1. The number of morpholine rings is 1. The second-order valence-corrected chi connectivity index (χ2v) is 13.5. The van der Waals surface area contributed by atoms with E-state index in [0.717, 1.165) is 51.6 Å². The van der Waals surface area contributed by atoms with E-state index in [2.05, 4.69) is 20.9 Å². The number of hydrogen-bond acceptors (Lipinski definition) is 9. The van der Waals surface area contributed by atoms with E-state index in [4.69, 9.17) is 18.9 Å². The van der Waals surface area contributed by atoms with Crippen molar-refractivity contribution >= 4 is 11.8 Å². The summed E-state index contributed by atoms with van der Waals surface area (Å²) < 4.78 is 23.5. The van der Waals surface area contributed by atoms with Gasteiger partial charge in [0.2, 0.25) is 11.8 Å². The van der Waals surface area contributed by atoms with Crippen molar-refractivity contribution in [3.05, 3.63) is 0 Å². The maximum Gasteiger partial charge on any atom is 0.226 e. The van der Waals surface area contributed by atoms with Crippen LogP contribution in [0, 0.1) is 23.7 Å². The number of fused-ring (bicyclic) bond motifs is 3. The Balaban J connectivity index is 0.939. The third kappa shape index (κ3) is 6.98. The monoisotopic (exact) mass is 592 g/mol. The number of ether oxygens (including phenoxy) is 4. The average Bonchev–Trinajstić information content (AvgIpc) is 3.63. The van der Waals surface area contributed by atoms with Gasteiger partial charge >= 0.3 is 0 Å². The van der Waals surface area contributed by atoms with E-state index in [1.54, 1.807) is 0 Å². The summed E-state index contributed by atoms with van der Waals surface area (Å²) in [5.41, 5.74) is 0. The molecule has 11 heteroatoms. The molecule has 42 heavy (non-hydrogen) atoms. The lowest BCUT2D eigenvalue weighted by Crippen LogP contribution is -2.55. The van der Waals surface area contributed by atoms with Crippen molar-refractivity contribution in [2.75, 3.05) is 52.8 Å². The van der Waals surface area contributed by atoms with Gasteiger partial charge in [-0.05, 0) is 83.1 Å². The lowest BCUT2D eigenvalue weighted by molar-refractivity contribution is -0.152. The molecule has 6 rings (SSSR count). The first-order chi connectivity index (χ1) is 20.5. The van der Waals surface area contributed by atoms with Crippen LogP contribution in [-0.2, 0) is 28.5 Å². The zero-order valence-corrected chi connectivity index (χ0v) is 25.2. The molecule has 238 valence electrons. The molecule has 6 aliphatic rings. The first-order valence-electron chi connectivity index (χ1n) is 16.6. The molecule has 4 saturated heterocycles. The van der Waals surface area contributed by atoms with Crippen LogP contribution in [0.4, 0.5) is 0 Å². The molecule has 11 nitrogen and oxygen atoms in total. The minimum atomic E-state index is -0.642. The zero-order valence-electron chi connectivity index (χ0n) is 25.2. The summed E-state index contributed by atoms with van der Waals surface area (Å²) in [7, 11) is 0. The van der Waals surface area contributed by atoms with Crippen molar-refractivity contribution in [1.82, 2.24) is 20.9 Å². The molecule has 11 atom stereocenters. The third-order valence-corrected chi connectivity index (χ3v) is 10.9. The molecule has 0 aromatic rings. The van der Waals surface area contributed by atoms with Crippen molar-refractivity contribution < 1.29 is 33.6 Å². The van der Waals surface area contributed by atoms with Crippen LogP contribution in [0.3, 0.4) is 0 Å². The Bertz CT molecular complexity index is 904. The van der Waals surface area contributed by atoms with Gasteiger partial charge in [0.1, 0.15) is 0 Å². The second-order valence-electron chi connectivity index (χ2n) is 13.5. The van der Waals surface area contributed by atoms with E-state index in [9.17, 15) is 14.7 Å². The van der Waals surface area contributed by atoms with Crippen LogP contribution in [0.5, 0.6) is 0 Å². The molecule has 2 amide bonds. The van der Waals surface area contributed by atoms with Crippen molar-refractivity contribution in [2.45, 2.75) is 107 Å². The lowest BCUT2D eigenvalue weighted by atomic mass is 9.72. The van der Waals surface area contributed by atoms with Gasteiger partial charge in [0.05, 0.1) is 69.0 Å². The Morgan fingerprint density at radius 3 is 2.60 bits per heavy atom. The molecule has 4 aliphatic heterocycles. The number of carbonyl (C=O) groups is 2. The Hall–Kier alpha value is -1.34. The number of piperidine rings is 1. The largest absolute Gasteiger partial charge is 0.390 e. The highest BCUT2D eigenvalue weighted by Gasteiger charge is 2.46. The summed E-state index contributed by atoms with van der Waals surface area (Å²) in [6, 6.07) is 0.374. The van der Waals surface area contributed by atoms with E-state index >= 15 is 0 Å². The van der Waals surface area contributed by atoms with E-state index < -0.39 is 6.10 Å². The Labute approximate surface area is 250 Å². The fourth-order valence-corrected chi connectivity index (χ4v) is 8.54. The zero-order chi connectivity index (χ0) is 29.1. The van der Waals surface area contributed by atoms with Gasteiger partial charge in [0.25, 0.3) is 0 Å². The number of rotatable bonds is 10. The van der Waals surface area contributed by atoms with Crippen LogP contribution in [0.2, 0.25) is 0 Å². The van der Waals surface area contributed by atoms with Crippen LogP contribution in [0.15, 0.2) is 0 Å². The molecule has 0 aromatic carbocycles. The van der Waals surface area contributed by atoms with Crippen LogP contribution in [-0.4, -0.2) is 117 Å². The number of carbonyl (C=O) groups excluding carboxylic acids is 2. The van der Waals surface area contributed by atoms with E-state index in [0.29, 0.717) is 64.3 Å². The Morgan fingerprint density at radius 2 is 1.83 bits per heavy atom. The third-order valence-electron chi connectivity index (χ3n) is 10.9. The van der Waals surface area contributed by atoms with Gasteiger partial charge in [-0.2, -0.15) is 0 Å². The molecule has 2 bridgehead atoms. The molecule has 2 saturated carbocycles. The van der Waals surface area contributed by atoms with Gasteiger partial charge < -0.3 is 39.6 Å². The number of nitrogens with zero attached hydrogens (tertiary/aromatic N) is 1. The van der Waals surface area contributed by atoms with Crippen LogP contribution in [0.25, 0.3) is 0 Å². The molecule has 9 unspecified atom stereocenters. The number of aliphatic hydroxyl groups excluding tert-OH is 1. The number of hydrogen-bond donors (Lipinski definition) is 4. The van der Waals surface area contributed by atoms with Crippen LogP contribution < -0.4 is 16.0 Å². The van der Waals surface area contributed by atoms with Gasteiger partial charge in [0, 0.05) is 31.7 Å². The molecule has 6 fully saturated rings. The van der Waals surface area contributed by atoms with Gasteiger partial charge in [-0.15, -0.1) is 0 Å². The topological polar surface area (TPSA) is 131 Å². The maximum atomic E-state index is 13.5. The predicted octanol–water partition coefficient (Wildman–Crippen LogP) is 0.784. The fraction of sp³-hybridized carbons (Fsp3) is 0.935. The lowest BCUT2D eigenvalue weighted by Gasteiger charge is -2.44. The van der Waals surface area contributed by atoms with E-state index in [1.165, 1.54) is 0 Å². The predicted molar refractivity (Wildman–Crippen MR) is 154 cm³/mol. The summed E-state index contributed by atoms with van der Waals surface area (Å²) in [6.45, 7) is 6.95. The van der Waals surface area contributed by atoms with Crippen molar-refractivity contribution in [2.24, 2.45) is 23.7 Å². The molecule has 0 aromatic heterocycles. The van der Waals surface area contributed by atoms with Gasteiger partial charge in [-0.25, -0.2) is 0 Å². The van der Waals surface area contributed by atoms with E-state index in [1.807, 2.05) is 6.92 Å². The minimum Gasteiger partial charge on any atom is -0.390 e. The smallest absolute Gasteiger partial charge is 0.226 e. The van der Waals surface area contributed by atoms with Crippen LogP contribution in [0.1, 0.15) is 64.7 Å². The molecule has 4 heterocycles. The number of nitrogens with one attached hydrogen (secondary N) is 3. The second kappa shape index (κ2) is 14.2. The molecule has 0 spiro atoms. The van der Waals surface area contributed by atoms with Crippen LogP contribution >= 0.6 is 0 Å². The molecule has 2 aliphatic carbocycles. The highest BCUT2D eigenvalue weighted by molar-refractivity contribution is 5.82. The Morgan fingerprint density at radius 1 is 1.00 bits per heavy atom. The maximum absolute atomic E-state index is 13.5. The number of aliphatic hydroxyl groups is 1. The summed E-state index contributed by atoms with van der Waals surface area (Å²) in [6.07, 6.45) is 7.59. The fourth-order valence-electron chi connectivity index (χ4n) is 8.54. The molecular formula is C31H52N4O7. The summed E-state index contributed by atoms with van der Waals surface area (Å²) in [5, 5.41) is 20.8. The van der Waals surface area contributed by atoms with Crippen molar-refractivity contribution in [3.63, 3.8) is 0 Å². The van der Waals surface area contributed by atoms with Crippen molar-refractivity contribution in [1.29, 1.82) is 0 Å². The Kier molecular flexibility index (Phi) is 10.4. The number of amides is 2. The first-order valence-corrected chi connectivity index (χ1v) is 16.6.